The minimum Gasteiger partial charge on any atom is -0.480 e. The molecule has 0 amide bonds. The predicted molar refractivity (Wildman–Crippen MR) is 135 cm³/mol. The summed E-state index contributed by atoms with van der Waals surface area (Å²) in [6, 6.07) is 16.6. The van der Waals surface area contributed by atoms with Crippen LogP contribution in [0.3, 0.4) is 0 Å². The van der Waals surface area contributed by atoms with Gasteiger partial charge in [0.2, 0.25) is 0 Å². The van der Waals surface area contributed by atoms with Crippen molar-refractivity contribution in [3.63, 3.8) is 0 Å². The molecule has 0 spiro atoms. The van der Waals surface area contributed by atoms with Gasteiger partial charge in [-0.05, 0) is 67.3 Å². The lowest BCUT2D eigenvalue weighted by Gasteiger charge is -2.28. The molecule has 186 valence electrons. The number of carboxylic acid groups (broad SMARTS) is 1. The lowest BCUT2D eigenvalue weighted by atomic mass is 9.82. The van der Waals surface area contributed by atoms with Crippen molar-refractivity contribution in [3.8, 4) is 22.4 Å². The number of halogens is 1. The number of carbonyl (C=O) groups is 1. The molecule has 35 heavy (non-hydrogen) atoms. The highest BCUT2D eigenvalue weighted by Crippen LogP contribution is 2.41. The summed E-state index contributed by atoms with van der Waals surface area (Å²) in [6.45, 7) is 1.05. The number of aliphatic hydroxyl groups is 1. The van der Waals surface area contributed by atoms with Crippen LogP contribution in [0.15, 0.2) is 59.6 Å². The van der Waals surface area contributed by atoms with Crippen LogP contribution in [0.4, 0.5) is 4.39 Å². The van der Waals surface area contributed by atoms with E-state index in [4.69, 9.17) is 14.9 Å². The van der Waals surface area contributed by atoms with Crippen LogP contribution in [-0.2, 0) is 16.1 Å². The summed E-state index contributed by atoms with van der Waals surface area (Å²) in [5.41, 5.74) is 3.91. The fourth-order valence-electron chi connectivity index (χ4n) is 4.72. The average molecular weight is 499 g/mol. The van der Waals surface area contributed by atoms with Crippen LogP contribution in [0.1, 0.15) is 25.7 Å². The zero-order chi connectivity index (χ0) is 24.6. The van der Waals surface area contributed by atoms with E-state index in [1.165, 1.54) is 23.9 Å². The van der Waals surface area contributed by atoms with Gasteiger partial charge in [0.25, 0.3) is 0 Å². The molecular formula is C27H31FN2O4S. The van der Waals surface area contributed by atoms with Crippen molar-refractivity contribution in [3.05, 3.63) is 60.4 Å². The second-order valence-corrected chi connectivity index (χ2v) is 10.0. The van der Waals surface area contributed by atoms with E-state index in [0.29, 0.717) is 24.2 Å². The van der Waals surface area contributed by atoms with Gasteiger partial charge in [-0.2, -0.15) is 5.10 Å². The fourth-order valence-corrected chi connectivity index (χ4v) is 5.52. The minimum atomic E-state index is -0.935. The van der Waals surface area contributed by atoms with E-state index < -0.39 is 5.97 Å². The normalized spacial score (nSPS) is 18.0. The van der Waals surface area contributed by atoms with E-state index in [1.807, 2.05) is 18.2 Å². The van der Waals surface area contributed by atoms with Crippen LogP contribution in [0.25, 0.3) is 22.4 Å². The quantitative estimate of drug-likeness (QED) is 0.347. The van der Waals surface area contributed by atoms with Crippen LogP contribution in [0.5, 0.6) is 0 Å². The maximum atomic E-state index is 13.7. The number of nitrogens with zero attached hydrogens (tertiary/aromatic N) is 2. The highest BCUT2D eigenvalue weighted by molar-refractivity contribution is 7.99. The molecule has 1 aromatic heterocycles. The summed E-state index contributed by atoms with van der Waals surface area (Å²) in [5.74, 6) is 0.148. The van der Waals surface area contributed by atoms with Gasteiger partial charge < -0.3 is 14.9 Å². The van der Waals surface area contributed by atoms with Crippen molar-refractivity contribution in [1.82, 2.24) is 9.78 Å². The fraction of sp³-hybridized carbons (Fsp3) is 0.407. The Morgan fingerprint density at radius 3 is 2.37 bits per heavy atom. The third kappa shape index (κ3) is 6.72. The summed E-state index contributed by atoms with van der Waals surface area (Å²) < 4.78 is 21.1. The lowest BCUT2D eigenvalue weighted by molar-refractivity contribution is -0.142. The number of hydrogen-bond donors (Lipinski definition) is 2. The van der Waals surface area contributed by atoms with Crippen molar-refractivity contribution in [2.75, 3.05) is 25.6 Å². The minimum absolute atomic E-state index is 0.0611. The average Bonchev–Trinajstić information content (AvgIpc) is 3.22. The van der Waals surface area contributed by atoms with Crippen molar-refractivity contribution >= 4 is 17.7 Å². The third-order valence-corrected chi connectivity index (χ3v) is 7.35. The van der Waals surface area contributed by atoms with Gasteiger partial charge >= 0.3 is 5.97 Å². The SMILES string of the molecule is O=C(O)COCC1CCC(Cn2nc(SCCO)c(-c3ccccc3)c2-c2ccc(F)cc2)CC1. The van der Waals surface area contributed by atoms with E-state index in [1.54, 1.807) is 12.1 Å². The van der Waals surface area contributed by atoms with E-state index in [2.05, 4.69) is 16.8 Å². The van der Waals surface area contributed by atoms with Crippen molar-refractivity contribution in [2.45, 2.75) is 37.3 Å². The maximum absolute atomic E-state index is 13.7. The first-order valence-corrected chi connectivity index (χ1v) is 13.0. The highest BCUT2D eigenvalue weighted by Gasteiger charge is 2.26. The number of ether oxygens (including phenoxy) is 1. The first-order chi connectivity index (χ1) is 17.0. The number of thioether (sulfide) groups is 1. The Morgan fingerprint density at radius 1 is 1.03 bits per heavy atom. The van der Waals surface area contributed by atoms with Crippen LogP contribution >= 0.6 is 11.8 Å². The Morgan fingerprint density at radius 2 is 1.71 bits per heavy atom. The number of aliphatic carboxylic acids is 1. The van der Waals surface area contributed by atoms with Crippen LogP contribution < -0.4 is 0 Å². The highest BCUT2D eigenvalue weighted by atomic mass is 32.2. The van der Waals surface area contributed by atoms with Crippen LogP contribution in [-0.4, -0.2) is 51.5 Å². The number of aliphatic hydroxyl groups excluding tert-OH is 1. The lowest BCUT2D eigenvalue weighted by Crippen LogP contribution is -2.23. The Balaban J connectivity index is 1.61. The molecule has 1 fully saturated rings. The molecule has 0 unspecified atom stereocenters. The Hall–Kier alpha value is -2.68. The largest absolute Gasteiger partial charge is 0.480 e. The first-order valence-electron chi connectivity index (χ1n) is 12.0. The zero-order valence-corrected chi connectivity index (χ0v) is 20.4. The number of aromatic nitrogens is 2. The molecule has 3 aromatic rings. The molecular weight excluding hydrogens is 467 g/mol. The second-order valence-electron chi connectivity index (χ2n) is 8.95. The van der Waals surface area contributed by atoms with Gasteiger partial charge in [0.15, 0.2) is 0 Å². The molecule has 4 rings (SSSR count). The van der Waals surface area contributed by atoms with Gasteiger partial charge in [-0.25, -0.2) is 9.18 Å². The molecule has 2 aromatic carbocycles. The molecule has 0 bridgehead atoms. The summed E-state index contributed by atoms with van der Waals surface area (Å²) in [5, 5.41) is 24.1. The smallest absolute Gasteiger partial charge is 0.329 e. The zero-order valence-electron chi connectivity index (χ0n) is 19.6. The summed E-state index contributed by atoms with van der Waals surface area (Å²) >= 11 is 1.53. The molecule has 8 heteroatoms. The Labute approximate surface area is 209 Å². The first kappa shape index (κ1) is 25.4. The van der Waals surface area contributed by atoms with Crippen molar-refractivity contribution in [2.24, 2.45) is 11.8 Å². The molecule has 0 radical (unpaired) electrons. The van der Waals surface area contributed by atoms with E-state index in [0.717, 1.165) is 59.6 Å². The summed E-state index contributed by atoms with van der Waals surface area (Å²) in [4.78, 5) is 10.7. The molecule has 1 heterocycles. The van der Waals surface area contributed by atoms with E-state index >= 15 is 0 Å². The second kappa shape index (κ2) is 12.3. The summed E-state index contributed by atoms with van der Waals surface area (Å²) in [6.07, 6.45) is 4.03. The van der Waals surface area contributed by atoms with Crippen LogP contribution in [0, 0.1) is 17.7 Å². The Kier molecular flexibility index (Phi) is 8.95. The standard InChI is InChI=1S/C27H31FN2O4S/c28-23-12-10-22(11-13-23)26-25(21-4-2-1-3-5-21)27(35-15-14-31)29-30(26)16-19-6-8-20(9-7-19)17-34-18-24(32)33/h1-5,10-13,19-20,31H,6-9,14-18H2,(H,32,33). The van der Waals surface area contributed by atoms with Gasteiger partial charge in [0, 0.05) is 23.4 Å². The molecule has 1 aliphatic carbocycles. The van der Waals surface area contributed by atoms with E-state index in [-0.39, 0.29) is 19.0 Å². The molecule has 0 atom stereocenters. The van der Waals surface area contributed by atoms with Gasteiger partial charge in [0.1, 0.15) is 17.5 Å². The number of carboxylic acids is 1. The molecule has 6 nitrogen and oxygen atoms in total. The van der Waals surface area contributed by atoms with Crippen molar-refractivity contribution in [1.29, 1.82) is 0 Å². The molecule has 1 aliphatic rings. The molecule has 0 aliphatic heterocycles. The molecule has 1 saturated carbocycles. The Bertz CT molecular complexity index is 1100. The summed E-state index contributed by atoms with van der Waals surface area (Å²) in [7, 11) is 0. The van der Waals surface area contributed by atoms with Gasteiger partial charge in [-0.3, -0.25) is 4.68 Å². The van der Waals surface area contributed by atoms with Crippen molar-refractivity contribution < 1.29 is 24.1 Å². The molecule has 2 N–H and O–H groups in total. The van der Waals surface area contributed by atoms with Crippen LogP contribution in [0.2, 0.25) is 0 Å². The number of benzene rings is 2. The predicted octanol–water partition coefficient (Wildman–Crippen LogP) is 5.35. The monoisotopic (exact) mass is 498 g/mol. The van der Waals surface area contributed by atoms with Gasteiger partial charge in [-0.15, -0.1) is 11.8 Å². The van der Waals surface area contributed by atoms with Gasteiger partial charge in [-0.1, -0.05) is 30.3 Å². The van der Waals surface area contributed by atoms with E-state index in [9.17, 15) is 14.3 Å². The molecule has 0 saturated heterocycles. The number of rotatable bonds is 11. The third-order valence-electron chi connectivity index (χ3n) is 6.41. The number of hydrogen-bond acceptors (Lipinski definition) is 5. The topological polar surface area (TPSA) is 84.6 Å². The van der Waals surface area contributed by atoms with Gasteiger partial charge in [0.05, 0.1) is 18.9 Å². The maximum Gasteiger partial charge on any atom is 0.329 e.